The summed E-state index contributed by atoms with van der Waals surface area (Å²) in [5, 5.41) is 0. The van der Waals surface area contributed by atoms with Gasteiger partial charge < -0.3 is 27.9 Å². The van der Waals surface area contributed by atoms with Crippen LogP contribution < -0.4 is 4.89 Å². The number of hydrogen-bond donors (Lipinski definition) is 0. The molecule has 0 aromatic carbocycles. The molecule has 0 aliphatic rings. The molecule has 0 rings (SSSR count). The van der Waals surface area contributed by atoms with Crippen molar-refractivity contribution in [2.75, 3.05) is 47.4 Å². The van der Waals surface area contributed by atoms with Crippen LogP contribution in [0.15, 0.2) is 24.3 Å². The van der Waals surface area contributed by atoms with E-state index in [0.717, 1.165) is 71.3 Å². The van der Waals surface area contributed by atoms with Crippen LogP contribution in [-0.4, -0.2) is 69.9 Å². The fraction of sp³-hybridized carbons (Fsp3) is 0.860. The van der Waals surface area contributed by atoms with E-state index in [0.29, 0.717) is 12.8 Å². The Hall–Kier alpha value is -1.51. The Morgan fingerprint density at radius 2 is 1.09 bits per heavy atom. The number of hydrogen-bond acceptors (Lipinski definition) is 8. The lowest BCUT2D eigenvalue weighted by atomic mass is 10.0. The second kappa shape index (κ2) is 36.1. The zero-order chi connectivity index (χ0) is 44.3. The number of nitrogens with zero attached hydrogens (tertiary/aromatic N) is 1. The van der Waals surface area contributed by atoms with Gasteiger partial charge in [-0.1, -0.05) is 154 Å². The molecule has 0 aliphatic heterocycles. The predicted octanol–water partition coefficient (Wildman–Crippen LogP) is 11.3. The second-order valence-corrected chi connectivity index (χ2v) is 16.0. The van der Waals surface area contributed by atoms with Crippen LogP contribution in [0.4, 0.5) is 0 Å². The first kappa shape index (κ1) is 41.1. The molecule has 312 valence electrons. The van der Waals surface area contributed by atoms with E-state index >= 15 is 0 Å². The number of unbranched alkanes of at least 4 members (excludes halogenated alkanes) is 21. The summed E-state index contributed by atoms with van der Waals surface area (Å²) in [5.74, 6) is -1.08. The van der Waals surface area contributed by atoms with Crippen molar-refractivity contribution in [2.24, 2.45) is 0 Å². The van der Waals surface area contributed by atoms with Crippen LogP contribution in [0.1, 0.15) is 195 Å². The molecule has 0 saturated carbocycles. The smallest absolute Gasteiger partial charge is 0.306 e. The number of esters is 2. The van der Waals surface area contributed by atoms with Gasteiger partial charge in [-0.2, -0.15) is 0 Å². The topological polar surface area (TPSA) is 111 Å². The first-order valence-electron chi connectivity index (χ1n) is 24.1. The van der Waals surface area contributed by atoms with Crippen molar-refractivity contribution in [3.63, 3.8) is 0 Å². The maximum atomic E-state index is 12.7. The van der Waals surface area contributed by atoms with Crippen molar-refractivity contribution in [3.05, 3.63) is 24.3 Å². The second-order valence-electron chi connectivity index (χ2n) is 14.6. The molecule has 0 fully saturated rings. The molecule has 0 bridgehead atoms. The van der Waals surface area contributed by atoms with E-state index in [-0.39, 0.29) is 12.8 Å². The summed E-state index contributed by atoms with van der Waals surface area (Å²) in [6.07, 6.45) is 35.9. The molecule has 2 atom stereocenters. The lowest BCUT2D eigenvalue weighted by Crippen LogP contribution is -2.37. The van der Waals surface area contributed by atoms with Gasteiger partial charge in [0.05, 0.1) is 35.8 Å². The molecule has 0 aromatic rings. The van der Waals surface area contributed by atoms with E-state index in [9.17, 15) is 19.0 Å². The summed E-state index contributed by atoms with van der Waals surface area (Å²) in [6.45, 7) is -4.08. The molecule has 0 aromatic heterocycles. The van der Waals surface area contributed by atoms with Crippen LogP contribution in [0.25, 0.3) is 0 Å². The summed E-state index contributed by atoms with van der Waals surface area (Å²) in [7, 11) is -4.13. The third-order valence-electron chi connectivity index (χ3n) is 9.00. The highest BCUT2D eigenvalue weighted by Gasteiger charge is 2.21. The maximum Gasteiger partial charge on any atom is 0.306 e. The van der Waals surface area contributed by atoms with Crippen molar-refractivity contribution >= 4 is 19.8 Å². The van der Waals surface area contributed by atoms with E-state index in [1.807, 2.05) is 0 Å². The van der Waals surface area contributed by atoms with Gasteiger partial charge in [0.1, 0.15) is 19.8 Å². The Balaban J connectivity index is 4.77. The van der Waals surface area contributed by atoms with Gasteiger partial charge in [-0.15, -0.1) is 0 Å². The highest BCUT2D eigenvalue weighted by molar-refractivity contribution is 7.45. The van der Waals surface area contributed by atoms with Gasteiger partial charge >= 0.3 is 11.9 Å². The Bertz CT molecular complexity index is 1150. The number of phosphoric acid groups is 1. The molecule has 0 saturated heterocycles. The fourth-order valence-electron chi connectivity index (χ4n) is 5.71. The predicted molar refractivity (Wildman–Crippen MR) is 218 cm³/mol. The molecule has 0 heterocycles. The number of rotatable bonds is 39. The monoisotopic (exact) mass is 778 g/mol. The van der Waals surface area contributed by atoms with Crippen LogP contribution in [0.2, 0.25) is 0 Å². The van der Waals surface area contributed by atoms with Gasteiger partial charge in [0.15, 0.2) is 6.10 Å². The largest absolute Gasteiger partial charge is 0.756 e. The summed E-state index contributed by atoms with van der Waals surface area (Å²) < 4.78 is 77.6. The third kappa shape index (κ3) is 40.0. The average Bonchev–Trinajstić information content (AvgIpc) is 3.16. The zero-order valence-corrected chi connectivity index (χ0v) is 34.9. The Morgan fingerprint density at radius 1 is 0.642 bits per heavy atom. The molecule has 0 spiro atoms. The van der Waals surface area contributed by atoms with Crippen LogP contribution >= 0.6 is 7.82 Å². The zero-order valence-electron chi connectivity index (χ0n) is 40.0. The summed E-state index contributed by atoms with van der Waals surface area (Å²) in [6, 6.07) is 0. The van der Waals surface area contributed by atoms with Crippen LogP contribution in [0.5, 0.6) is 0 Å². The molecular weight excluding hydrogens is 689 g/mol. The average molecular weight is 778 g/mol. The minimum Gasteiger partial charge on any atom is -0.756 e. The van der Waals surface area contributed by atoms with Crippen molar-refractivity contribution in [2.45, 2.75) is 193 Å². The van der Waals surface area contributed by atoms with Crippen LogP contribution in [-0.2, 0) is 32.7 Å². The Kier molecular flexibility index (Phi) is 28.1. The quantitative estimate of drug-likeness (QED) is 0.0199. The summed E-state index contributed by atoms with van der Waals surface area (Å²) >= 11 is 0. The Morgan fingerprint density at radius 3 is 1.62 bits per heavy atom. The third-order valence-corrected chi connectivity index (χ3v) is 9.96. The lowest BCUT2D eigenvalue weighted by molar-refractivity contribution is -0.870. The maximum absolute atomic E-state index is 12.7. The van der Waals surface area contributed by atoms with Gasteiger partial charge in [0.25, 0.3) is 7.82 Å². The van der Waals surface area contributed by atoms with E-state index in [1.54, 1.807) is 0 Å². The molecule has 0 aliphatic carbocycles. The normalized spacial score (nSPS) is 16.0. The highest BCUT2D eigenvalue weighted by Crippen LogP contribution is 2.38. The number of phosphoric ester groups is 1. The number of carbonyl (C=O) groups is 2. The van der Waals surface area contributed by atoms with Gasteiger partial charge in [-0.3, -0.25) is 14.2 Å². The van der Waals surface area contributed by atoms with E-state index in [4.69, 9.17) is 26.7 Å². The summed E-state index contributed by atoms with van der Waals surface area (Å²) in [5.41, 5.74) is 0. The van der Waals surface area contributed by atoms with Gasteiger partial charge in [-0.05, 0) is 44.9 Å². The molecule has 2 unspecified atom stereocenters. The number of carbonyl (C=O) groups excluding carboxylic acids is 2. The van der Waals surface area contributed by atoms with Crippen LogP contribution in [0.3, 0.4) is 0 Å². The number of quaternary nitrogens is 1. The van der Waals surface area contributed by atoms with Gasteiger partial charge in [0.2, 0.25) is 0 Å². The highest BCUT2D eigenvalue weighted by atomic mass is 31.2. The van der Waals surface area contributed by atoms with Crippen molar-refractivity contribution in [1.29, 1.82) is 0 Å². The van der Waals surface area contributed by atoms with Crippen LogP contribution in [0, 0.1) is 0 Å². The fourth-order valence-corrected chi connectivity index (χ4v) is 6.44. The molecule has 0 radical (unpaired) electrons. The Labute approximate surface area is 334 Å². The number of allylic oxidation sites excluding steroid dienone is 4. The molecule has 53 heavy (non-hydrogen) atoms. The van der Waals surface area contributed by atoms with Crippen molar-refractivity contribution < 1.29 is 50.3 Å². The van der Waals surface area contributed by atoms with E-state index in [2.05, 4.69) is 38.2 Å². The van der Waals surface area contributed by atoms with Gasteiger partial charge in [0, 0.05) is 12.8 Å². The van der Waals surface area contributed by atoms with Gasteiger partial charge in [-0.25, -0.2) is 0 Å². The van der Waals surface area contributed by atoms with Crippen molar-refractivity contribution in [3.8, 4) is 0 Å². The number of likely N-dealkylation sites (N-methyl/N-ethyl adjacent to an activating group) is 1. The first-order valence-corrected chi connectivity index (χ1v) is 22.6. The molecular formula is C43H82NO8P. The standard InChI is InChI=1S/C43H82NO8P/c1-6-8-10-12-14-16-18-20-22-24-26-28-30-32-34-36-43(46)52-41(40-51-53(47,48)50-38-37-44(3,4)5)39-49-42(45)35-33-31-29-27-25-23-21-19-17-15-13-11-9-7-2/h14,16,20,22,41H,6-13,15,17-19,21,23-40H2,1-5H3/b16-14+,22-20+/i3D3,4D3. The molecule has 10 heteroatoms. The first-order chi connectivity index (χ1) is 28.0. The SMILES string of the molecule is [2H]C([2H])([2H])[N+](C)(CCOP(=O)([O-])OCC(COC(=O)CCCCCCCCCCCCCCCC)OC(=O)CCCCCCC/C=C/C/C=C/CCCCC)C([2H])([2H])[2H]. The molecule has 0 N–H and O–H groups in total. The number of ether oxygens (including phenoxy) is 2. The molecule has 0 amide bonds. The summed E-state index contributed by atoms with van der Waals surface area (Å²) in [4.78, 5) is 37.8. The lowest BCUT2D eigenvalue weighted by Gasteiger charge is -2.28. The minimum atomic E-state index is -5.09. The van der Waals surface area contributed by atoms with E-state index in [1.165, 1.54) is 83.5 Å². The minimum absolute atomic E-state index is 0.0975. The van der Waals surface area contributed by atoms with E-state index < -0.39 is 70.7 Å². The van der Waals surface area contributed by atoms with Crippen molar-refractivity contribution in [1.82, 2.24) is 0 Å². The molecule has 9 nitrogen and oxygen atoms in total.